The van der Waals surface area contributed by atoms with Gasteiger partial charge >= 0.3 is 0 Å². The van der Waals surface area contributed by atoms with Crippen LogP contribution in [0.1, 0.15) is 23.1 Å². The lowest BCUT2D eigenvalue weighted by molar-refractivity contribution is -0.116. The maximum Gasteiger partial charge on any atom is 0.246 e. The molecule has 2 aromatic rings. The smallest absolute Gasteiger partial charge is 0.246 e. The van der Waals surface area contributed by atoms with Crippen LogP contribution in [0.5, 0.6) is 0 Å². The number of aryl methyl sites for hydroxylation is 3. The van der Waals surface area contributed by atoms with Gasteiger partial charge in [-0.15, -0.1) is 0 Å². The van der Waals surface area contributed by atoms with E-state index >= 15 is 0 Å². The van der Waals surface area contributed by atoms with Crippen LogP contribution < -0.4 is 10.6 Å². The minimum Gasteiger partial charge on any atom is -0.374 e. The van der Waals surface area contributed by atoms with E-state index in [1.807, 2.05) is 24.3 Å². The van der Waals surface area contributed by atoms with Gasteiger partial charge in [0.05, 0.1) is 0 Å². The summed E-state index contributed by atoms with van der Waals surface area (Å²) >= 11 is 0. The minimum absolute atomic E-state index is 0.0400. The maximum absolute atomic E-state index is 12.4. The van der Waals surface area contributed by atoms with Crippen molar-refractivity contribution in [3.8, 4) is 0 Å². The number of amides is 1. The monoisotopic (exact) mass is 280 g/mol. The van der Waals surface area contributed by atoms with Gasteiger partial charge in [-0.05, 0) is 61.6 Å². The molecule has 0 saturated carbocycles. The molecule has 0 aliphatic carbocycles. The van der Waals surface area contributed by atoms with Gasteiger partial charge in [0.25, 0.3) is 0 Å². The van der Waals surface area contributed by atoms with Gasteiger partial charge < -0.3 is 10.6 Å². The summed E-state index contributed by atoms with van der Waals surface area (Å²) < 4.78 is 0. The predicted octanol–water partition coefficient (Wildman–Crippen LogP) is 3.67. The molecular weight excluding hydrogens is 260 g/mol. The molecule has 2 N–H and O–H groups in total. The number of carbonyl (C=O) groups excluding carboxylic acids is 1. The number of benzene rings is 2. The molecule has 3 rings (SSSR count). The first kappa shape index (κ1) is 13.7. The Morgan fingerprint density at radius 2 is 1.90 bits per heavy atom. The highest BCUT2D eigenvalue weighted by Gasteiger charge is 2.23. The summed E-state index contributed by atoms with van der Waals surface area (Å²) in [5, 5.41) is 6.38. The summed E-state index contributed by atoms with van der Waals surface area (Å²) in [6.07, 6.45) is 1.70. The number of carbonyl (C=O) groups is 1. The van der Waals surface area contributed by atoms with Gasteiger partial charge in [-0.2, -0.15) is 0 Å². The Bertz CT molecular complexity index is 679. The van der Waals surface area contributed by atoms with Crippen molar-refractivity contribution in [2.45, 2.75) is 32.7 Å². The Morgan fingerprint density at radius 1 is 1.10 bits per heavy atom. The first-order valence-electron chi connectivity index (χ1n) is 7.36. The number of hydrogen-bond donors (Lipinski definition) is 2. The quantitative estimate of drug-likeness (QED) is 0.881. The summed E-state index contributed by atoms with van der Waals surface area (Å²) in [6, 6.07) is 14.0. The molecule has 1 aliphatic heterocycles. The Morgan fingerprint density at radius 3 is 2.71 bits per heavy atom. The van der Waals surface area contributed by atoms with Gasteiger partial charge in [0.2, 0.25) is 5.91 Å². The van der Waals surface area contributed by atoms with Crippen molar-refractivity contribution in [1.82, 2.24) is 0 Å². The predicted molar refractivity (Wildman–Crippen MR) is 86.7 cm³/mol. The molecule has 3 heteroatoms. The Kier molecular flexibility index (Phi) is 3.65. The van der Waals surface area contributed by atoms with Crippen LogP contribution in [-0.2, 0) is 11.2 Å². The largest absolute Gasteiger partial charge is 0.374 e. The number of nitrogens with one attached hydrogen (secondary N) is 2. The zero-order valence-electron chi connectivity index (χ0n) is 12.4. The van der Waals surface area contributed by atoms with Gasteiger partial charge in [0.1, 0.15) is 6.04 Å². The average molecular weight is 280 g/mol. The number of hydrogen-bond acceptors (Lipinski definition) is 2. The van der Waals surface area contributed by atoms with Crippen LogP contribution in [0, 0.1) is 13.8 Å². The molecule has 21 heavy (non-hydrogen) atoms. The molecule has 3 nitrogen and oxygen atoms in total. The van der Waals surface area contributed by atoms with E-state index in [4.69, 9.17) is 0 Å². The number of anilines is 2. The van der Waals surface area contributed by atoms with Crippen LogP contribution in [0.3, 0.4) is 0 Å². The van der Waals surface area contributed by atoms with Crippen LogP contribution in [0.2, 0.25) is 0 Å². The fraction of sp³-hybridized carbons (Fsp3) is 0.278. The van der Waals surface area contributed by atoms with Crippen molar-refractivity contribution in [2.24, 2.45) is 0 Å². The standard InChI is InChI=1S/C18H20N2O/c1-12-7-9-15(11-13(12)2)19-17-10-8-14-5-3-4-6-16(14)20-18(17)21/h3-7,9,11,17,19H,8,10H2,1-2H3,(H,20,21). The lowest BCUT2D eigenvalue weighted by atomic mass is 10.0. The summed E-state index contributed by atoms with van der Waals surface area (Å²) in [5.41, 5.74) is 5.64. The van der Waals surface area contributed by atoms with E-state index in [1.165, 1.54) is 16.7 Å². The first-order valence-corrected chi connectivity index (χ1v) is 7.36. The fourth-order valence-corrected chi connectivity index (χ4v) is 2.68. The zero-order chi connectivity index (χ0) is 14.8. The van der Waals surface area contributed by atoms with Gasteiger partial charge in [-0.25, -0.2) is 0 Å². The summed E-state index contributed by atoms with van der Waals surface area (Å²) in [6.45, 7) is 4.18. The van der Waals surface area contributed by atoms with Crippen molar-refractivity contribution in [1.29, 1.82) is 0 Å². The van der Waals surface area contributed by atoms with E-state index in [0.717, 1.165) is 24.2 Å². The highest BCUT2D eigenvalue weighted by atomic mass is 16.2. The van der Waals surface area contributed by atoms with Crippen LogP contribution >= 0.6 is 0 Å². The Labute approximate surface area is 125 Å². The van der Waals surface area contributed by atoms with Crippen LogP contribution in [0.25, 0.3) is 0 Å². The molecule has 1 unspecified atom stereocenters. The van der Waals surface area contributed by atoms with Gasteiger partial charge in [-0.3, -0.25) is 4.79 Å². The molecule has 0 aromatic heterocycles. The van der Waals surface area contributed by atoms with Crippen molar-refractivity contribution in [2.75, 3.05) is 10.6 Å². The minimum atomic E-state index is -0.195. The lowest BCUT2D eigenvalue weighted by Crippen LogP contribution is -2.33. The summed E-state index contributed by atoms with van der Waals surface area (Å²) in [4.78, 5) is 12.4. The fourth-order valence-electron chi connectivity index (χ4n) is 2.68. The maximum atomic E-state index is 12.4. The van der Waals surface area contributed by atoms with Crippen molar-refractivity contribution < 1.29 is 4.79 Å². The van der Waals surface area contributed by atoms with Crippen molar-refractivity contribution >= 4 is 17.3 Å². The number of rotatable bonds is 2. The molecule has 0 radical (unpaired) electrons. The molecule has 1 heterocycles. The SMILES string of the molecule is Cc1ccc(NC2CCc3ccccc3NC2=O)cc1C. The van der Waals surface area contributed by atoms with E-state index in [9.17, 15) is 4.79 Å². The first-order chi connectivity index (χ1) is 10.1. The summed E-state index contributed by atoms with van der Waals surface area (Å²) in [7, 11) is 0. The lowest BCUT2D eigenvalue weighted by Gasteiger charge is -2.17. The molecule has 0 saturated heterocycles. The second-order valence-electron chi connectivity index (χ2n) is 5.68. The van der Waals surface area contributed by atoms with E-state index in [1.54, 1.807) is 0 Å². The number of para-hydroxylation sites is 1. The normalized spacial score (nSPS) is 17.6. The highest BCUT2D eigenvalue weighted by molar-refractivity contribution is 5.97. The third kappa shape index (κ3) is 2.92. The molecule has 1 atom stereocenters. The second-order valence-corrected chi connectivity index (χ2v) is 5.68. The van der Waals surface area contributed by atoms with Crippen LogP contribution in [-0.4, -0.2) is 11.9 Å². The zero-order valence-corrected chi connectivity index (χ0v) is 12.4. The van der Waals surface area contributed by atoms with Gasteiger partial charge in [-0.1, -0.05) is 24.3 Å². The molecule has 2 aromatic carbocycles. The molecule has 1 aliphatic rings. The van der Waals surface area contributed by atoms with Crippen molar-refractivity contribution in [3.05, 3.63) is 59.2 Å². The molecular formula is C18H20N2O. The third-order valence-electron chi connectivity index (χ3n) is 4.14. The highest BCUT2D eigenvalue weighted by Crippen LogP contribution is 2.23. The number of fused-ring (bicyclic) bond motifs is 1. The van der Waals surface area contributed by atoms with Crippen LogP contribution in [0.4, 0.5) is 11.4 Å². The van der Waals surface area contributed by atoms with Crippen molar-refractivity contribution in [3.63, 3.8) is 0 Å². The Hall–Kier alpha value is -2.29. The topological polar surface area (TPSA) is 41.1 Å². The van der Waals surface area contributed by atoms with E-state index in [2.05, 4.69) is 42.7 Å². The average Bonchev–Trinajstić information content (AvgIpc) is 2.63. The molecule has 0 fully saturated rings. The van der Waals surface area contributed by atoms with Gasteiger partial charge in [0, 0.05) is 11.4 Å². The summed E-state index contributed by atoms with van der Waals surface area (Å²) in [5.74, 6) is 0.0400. The molecule has 0 bridgehead atoms. The molecule has 0 spiro atoms. The van der Waals surface area contributed by atoms with Crippen LogP contribution in [0.15, 0.2) is 42.5 Å². The third-order valence-corrected chi connectivity index (χ3v) is 4.14. The van der Waals surface area contributed by atoms with E-state index in [0.29, 0.717) is 0 Å². The Balaban J connectivity index is 1.78. The van der Waals surface area contributed by atoms with Gasteiger partial charge in [0.15, 0.2) is 0 Å². The molecule has 1 amide bonds. The van der Waals surface area contributed by atoms with E-state index < -0.39 is 0 Å². The second kappa shape index (κ2) is 5.60. The van der Waals surface area contributed by atoms with E-state index in [-0.39, 0.29) is 11.9 Å². The molecule has 108 valence electrons.